The summed E-state index contributed by atoms with van der Waals surface area (Å²) >= 11 is 0. The highest BCUT2D eigenvalue weighted by Crippen LogP contribution is 2.40. The molecular formula is C12H12N2. The van der Waals surface area contributed by atoms with Gasteiger partial charge in [-0.3, -0.25) is 9.97 Å². The molecule has 0 unspecified atom stereocenters. The molecule has 0 bridgehead atoms. The Morgan fingerprint density at radius 3 is 3.00 bits per heavy atom. The number of hydrogen-bond donors (Lipinski definition) is 0. The molecule has 3 rings (SSSR count). The third-order valence-electron chi connectivity index (χ3n) is 3.10. The Balaban J connectivity index is 2.50. The van der Waals surface area contributed by atoms with Gasteiger partial charge in [0.25, 0.3) is 0 Å². The Bertz CT molecular complexity index is 509. The van der Waals surface area contributed by atoms with Crippen molar-refractivity contribution >= 4 is 10.9 Å². The van der Waals surface area contributed by atoms with E-state index >= 15 is 0 Å². The second-order valence-electron chi connectivity index (χ2n) is 4.61. The van der Waals surface area contributed by atoms with Crippen LogP contribution in [0.25, 0.3) is 10.9 Å². The zero-order valence-corrected chi connectivity index (χ0v) is 8.41. The van der Waals surface area contributed by atoms with Crippen LogP contribution in [0.5, 0.6) is 0 Å². The molecule has 0 fully saturated rings. The average Bonchev–Trinajstić information content (AvgIpc) is 2.41. The summed E-state index contributed by atoms with van der Waals surface area (Å²) in [6, 6.07) is 2.13. The van der Waals surface area contributed by atoms with E-state index in [-0.39, 0.29) is 5.41 Å². The number of pyridine rings is 2. The van der Waals surface area contributed by atoms with Crippen LogP contribution in [0.3, 0.4) is 0 Å². The van der Waals surface area contributed by atoms with E-state index in [1.54, 1.807) is 0 Å². The maximum Gasteiger partial charge on any atom is 0.0890 e. The highest BCUT2D eigenvalue weighted by Gasteiger charge is 2.31. The van der Waals surface area contributed by atoms with Crippen LogP contribution in [-0.2, 0) is 11.8 Å². The van der Waals surface area contributed by atoms with Gasteiger partial charge in [-0.25, -0.2) is 0 Å². The Morgan fingerprint density at radius 1 is 1.29 bits per heavy atom. The summed E-state index contributed by atoms with van der Waals surface area (Å²) < 4.78 is 0. The van der Waals surface area contributed by atoms with Crippen molar-refractivity contribution in [2.24, 2.45) is 0 Å². The predicted molar refractivity (Wildman–Crippen MR) is 56.3 cm³/mol. The summed E-state index contributed by atoms with van der Waals surface area (Å²) in [4.78, 5) is 8.60. The maximum atomic E-state index is 4.35. The molecule has 0 saturated carbocycles. The molecule has 0 N–H and O–H groups in total. The lowest BCUT2D eigenvalue weighted by molar-refractivity contribution is 0.544. The second kappa shape index (κ2) is 2.32. The van der Waals surface area contributed by atoms with Gasteiger partial charge in [0.1, 0.15) is 0 Å². The van der Waals surface area contributed by atoms with E-state index in [9.17, 15) is 0 Å². The molecule has 0 spiro atoms. The van der Waals surface area contributed by atoms with Crippen LogP contribution in [0.4, 0.5) is 0 Å². The van der Waals surface area contributed by atoms with Gasteiger partial charge in [0.05, 0.1) is 11.7 Å². The molecule has 2 nitrogen and oxygen atoms in total. The average molecular weight is 184 g/mol. The lowest BCUT2D eigenvalue weighted by Gasteiger charge is -2.17. The van der Waals surface area contributed by atoms with Crippen molar-refractivity contribution < 1.29 is 0 Å². The molecule has 0 radical (unpaired) electrons. The Labute approximate surface area is 83.0 Å². The molecule has 0 aromatic carbocycles. The molecule has 2 aromatic rings. The molecule has 14 heavy (non-hydrogen) atoms. The fourth-order valence-electron chi connectivity index (χ4n) is 2.41. The maximum absolute atomic E-state index is 4.35. The highest BCUT2D eigenvalue weighted by atomic mass is 14.7. The molecule has 70 valence electrons. The number of nitrogens with zero attached hydrogens (tertiary/aromatic N) is 2. The van der Waals surface area contributed by atoms with Crippen molar-refractivity contribution in [3.63, 3.8) is 0 Å². The van der Waals surface area contributed by atoms with Gasteiger partial charge in [0.15, 0.2) is 0 Å². The summed E-state index contributed by atoms with van der Waals surface area (Å²) in [7, 11) is 0. The van der Waals surface area contributed by atoms with Crippen LogP contribution in [0.15, 0.2) is 24.7 Å². The minimum atomic E-state index is 0.220. The van der Waals surface area contributed by atoms with E-state index in [0.29, 0.717) is 0 Å². The highest BCUT2D eigenvalue weighted by molar-refractivity contribution is 5.88. The van der Waals surface area contributed by atoms with Crippen molar-refractivity contribution in [3.05, 3.63) is 35.8 Å². The predicted octanol–water partition coefficient (Wildman–Crippen LogP) is 2.46. The smallest absolute Gasteiger partial charge is 0.0890 e. The second-order valence-corrected chi connectivity index (χ2v) is 4.61. The SMILES string of the molecule is CC1(C)Cc2ccnc3cncc1c23. The fraction of sp³-hybridized carbons (Fsp3) is 0.333. The van der Waals surface area contributed by atoms with Gasteiger partial charge < -0.3 is 0 Å². The van der Waals surface area contributed by atoms with Crippen molar-refractivity contribution in [1.29, 1.82) is 0 Å². The first-order valence-electron chi connectivity index (χ1n) is 4.90. The number of rotatable bonds is 0. The first kappa shape index (κ1) is 7.92. The van der Waals surface area contributed by atoms with Gasteiger partial charge in [-0.05, 0) is 29.0 Å². The number of hydrogen-bond acceptors (Lipinski definition) is 2. The summed E-state index contributed by atoms with van der Waals surface area (Å²) in [5, 5.41) is 1.33. The van der Waals surface area contributed by atoms with E-state index < -0.39 is 0 Å². The molecular weight excluding hydrogens is 172 g/mol. The van der Waals surface area contributed by atoms with Gasteiger partial charge >= 0.3 is 0 Å². The monoisotopic (exact) mass is 184 g/mol. The Kier molecular flexibility index (Phi) is 1.31. The van der Waals surface area contributed by atoms with Gasteiger partial charge in [-0.2, -0.15) is 0 Å². The van der Waals surface area contributed by atoms with Crippen LogP contribution in [-0.4, -0.2) is 9.97 Å². The van der Waals surface area contributed by atoms with Crippen LogP contribution in [0, 0.1) is 0 Å². The van der Waals surface area contributed by atoms with Crippen LogP contribution < -0.4 is 0 Å². The van der Waals surface area contributed by atoms with E-state index in [4.69, 9.17) is 0 Å². The van der Waals surface area contributed by atoms with E-state index in [2.05, 4.69) is 29.9 Å². The summed E-state index contributed by atoms with van der Waals surface area (Å²) in [6.45, 7) is 4.53. The molecule has 0 amide bonds. The van der Waals surface area contributed by atoms with Crippen LogP contribution >= 0.6 is 0 Å². The van der Waals surface area contributed by atoms with Crippen molar-refractivity contribution in [3.8, 4) is 0 Å². The molecule has 0 atom stereocenters. The topological polar surface area (TPSA) is 25.8 Å². The summed E-state index contributed by atoms with van der Waals surface area (Å²) in [6.07, 6.45) is 6.82. The van der Waals surface area contributed by atoms with Gasteiger partial charge in [0.2, 0.25) is 0 Å². The van der Waals surface area contributed by atoms with E-state index in [1.165, 1.54) is 16.5 Å². The zero-order chi connectivity index (χ0) is 9.76. The molecule has 0 saturated heterocycles. The third-order valence-corrected chi connectivity index (χ3v) is 3.10. The standard InChI is InChI=1S/C12H12N2/c1-12(2)5-8-3-4-14-10-7-13-6-9(12)11(8)10/h3-4,6-7H,5H2,1-2H3. The van der Waals surface area contributed by atoms with Gasteiger partial charge in [-0.15, -0.1) is 0 Å². The van der Waals surface area contributed by atoms with Gasteiger partial charge in [-0.1, -0.05) is 13.8 Å². The van der Waals surface area contributed by atoms with Crippen LogP contribution in [0.2, 0.25) is 0 Å². The Morgan fingerprint density at radius 2 is 2.14 bits per heavy atom. The normalized spacial score (nSPS) is 17.6. The van der Waals surface area contributed by atoms with Crippen molar-refractivity contribution in [1.82, 2.24) is 9.97 Å². The third kappa shape index (κ3) is 0.857. The lowest BCUT2D eigenvalue weighted by atomic mass is 9.87. The van der Waals surface area contributed by atoms with Gasteiger partial charge in [0, 0.05) is 17.8 Å². The molecule has 2 aromatic heterocycles. The molecule has 1 aliphatic rings. The number of aromatic nitrogens is 2. The van der Waals surface area contributed by atoms with Crippen molar-refractivity contribution in [2.45, 2.75) is 25.7 Å². The molecule has 1 aliphatic carbocycles. The zero-order valence-electron chi connectivity index (χ0n) is 8.41. The minimum Gasteiger partial charge on any atom is -0.262 e. The lowest BCUT2D eigenvalue weighted by Crippen LogP contribution is -2.14. The first-order valence-corrected chi connectivity index (χ1v) is 4.90. The van der Waals surface area contributed by atoms with E-state index in [1.807, 2.05) is 18.6 Å². The van der Waals surface area contributed by atoms with Crippen molar-refractivity contribution in [2.75, 3.05) is 0 Å². The fourth-order valence-corrected chi connectivity index (χ4v) is 2.41. The first-order chi connectivity index (χ1) is 6.68. The molecule has 2 heteroatoms. The molecule has 2 heterocycles. The Hall–Kier alpha value is -1.44. The van der Waals surface area contributed by atoms with Crippen LogP contribution in [0.1, 0.15) is 25.0 Å². The quantitative estimate of drug-likeness (QED) is 0.628. The summed E-state index contributed by atoms with van der Waals surface area (Å²) in [5.74, 6) is 0. The summed E-state index contributed by atoms with van der Waals surface area (Å²) in [5.41, 5.74) is 4.01. The van der Waals surface area contributed by atoms with E-state index in [0.717, 1.165) is 11.9 Å². The largest absolute Gasteiger partial charge is 0.262 e. The minimum absolute atomic E-state index is 0.220. The molecule has 0 aliphatic heterocycles.